The molecule has 1 aliphatic heterocycles. The molecule has 2 aromatic rings. The van der Waals surface area contributed by atoms with Crippen molar-refractivity contribution in [1.29, 1.82) is 0 Å². The number of imidazole rings is 1. The molecule has 0 aromatic carbocycles. The van der Waals surface area contributed by atoms with E-state index in [1.165, 1.54) is 0 Å². The molecule has 1 atom stereocenters. The second-order valence-electron chi connectivity index (χ2n) is 6.42. The van der Waals surface area contributed by atoms with E-state index in [0.29, 0.717) is 0 Å². The summed E-state index contributed by atoms with van der Waals surface area (Å²) in [6.07, 6.45) is 3.45. The van der Waals surface area contributed by atoms with Gasteiger partial charge in [0.1, 0.15) is 5.82 Å². The molecule has 3 rings (SSSR count). The Hall–Kier alpha value is -1.90. The van der Waals surface area contributed by atoms with Gasteiger partial charge >= 0.3 is 6.18 Å². The van der Waals surface area contributed by atoms with Crippen LogP contribution in [0.15, 0.2) is 16.9 Å². The molecule has 0 unspecified atom stereocenters. The van der Waals surface area contributed by atoms with Crippen molar-refractivity contribution < 1.29 is 17.7 Å². The van der Waals surface area contributed by atoms with Crippen LogP contribution < -0.4 is 0 Å². The van der Waals surface area contributed by atoms with Gasteiger partial charge in [-0.25, -0.2) is 4.98 Å². The summed E-state index contributed by atoms with van der Waals surface area (Å²) in [7, 11) is 0. The Balaban J connectivity index is 1.63. The molecular weight excluding hydrogens is 335 g/mol. The first-order chi connectivity index (χ1) is 12.0. The Morgan fingerprint density at radius 3 is 2.92 bits per heavy atom. The largest absolute Gasteiger partial charge is 0.455 e. The molecule has 0 bridgehead atoms. The maximum absolute atomic E-state index is 12.6. The highest BCUT2D eigenvalue weighted by Crippen LogP contribution is 2.29. The number of hydrogen-bond donors (Lipinski definition) is 0. The predicted molar refractivity (Wildman–Crippen MR) is 83.7 cm³/mol. The maximum atomic E-state index is 12.6. The molecule has 3 heterocycles. The molecular formula is C16H22F3N5O. The van der Waals surface area contributed by atoms with Gasteiger partial charge in [0.05, 0.1) is 6.54 Å². The lowest BCUT2D eigenvalue weighted by Gasteiger charge is -2.31. The van der Waals surface area contributed by atoms with Crippen molar-refractivity contribution in [2.45, 2.75) is 57.8 Å². The Kier molecular flexibility index (Phi) is 5.41. The van der Waals surface area contributed by atoms with E-state index in [4.69, 9.17) is 4.52 Å². The molecule has 9 heteroatoms. The lowest BCUT2D eigenvalue weighted by atomic mass is 9.97. The minimum atomic E-state index is -4.57. The van der Waals surface area contributed by atoms with Crippen molar-refractivity contribution in [1.82, 2.24) is 24.6 Å². The van der Waals surface area contributed by atoms with Crippen LogP contribution in [0.4, 0.5) is 13.2 Å². The first-order valence-corrected chi connectivity index (χ1v) is 8.60. The molecule has 2 aromatic heterocycles. The summed E-state index contributed by atoms with van der Waals surface area (Å²) in [6, 6.07) is 0. The maximum Gasteiger partial charge on any atom is 0.455 e. The smallest absolute Gasteiger partial charge is 0.338 e. The number of aryl methyl sites for hydroxylation is 1. The molecule has 1 aliphatic rings. The lowest BCUT2D eigenvalue weighted by Crippen LogP contribution is -2.35. The summed E-state index contributed by atoms with van der Waals surface area (Å²) in [6.45, 7) is 4.86. The summed E-state index contributed by atoms with van der Waals surface area (Å²) in [4.78, 5) is 10.0. The molecule has 0 spiro atoms. The van der Waals surface area contributed by atoms with Gasteiger partial charge in [-0.05, 0) is 25.8 Å². The number of aromatic nitrogens is 4. The number of unbranched alkanes of at least 4 members (excludes halogenated alkanes) is 1. The molecule has 0 saturated carbocycles. The number of piperidine rings is 1. The molecule has 0 radical (unpaired) electrons. The molecule has 6 nitrogen and oxygen atoms in total. The average molecular weight is 357 g/mol. The first-order valence-electron chi connectivity index (χ1n) is 8.60. The van der Waals surface area contributed by atoms with Crippen LogP contribution in [0.25, 0.3) is 0 Å². The second kappa shape index (κ2) is 7.55. The zero-order chi connectivity index (χ0) is 17.9. The predicted octanol–water partition coefficient (Wildman–Crippen LogP) is 3.46. The van der Waals surface area contributed by atoms with E-state index in [-0.39, 0.29) is 18.4 Å². The van der Waals surface area contributed by atoms with Gasteiger partial charge < -0.3 is 9.09 Å². The molecule has 1 saturated heterocycles. The fourth-order valence-corrected chi connectivity index (χ4v) is 3.23. The Morgan fingerprint density at radius 2 is 2.20 bits per heavy atom. The number of alkyl halides is 3. The van der Waals surface area contributed by atoms with Gasteiger partial charge in [-0.15, -0.1) is 0 Å². The van der Waals surface area contributed by atoms with Crippen LogP contribution in [0.1, 0.15) is 56.1 Å². The van der Waals surface area contributed by atoms with E-state index in [2.05, 4.69) is 31.5 Å². The number of halogens is 3. The van der Waals surface area contributed by atoms with Gasteiger partial charge in [0.2, 0.25) is 5.89 Å². The monoisotopic (exact) mass is 357 g/mol. The molecule has 25 heavy (non-hydrogen) atoms. The molecule has 0 aliphatic carbocycles. The van der Waals surface area contributed by atoms with Gasteiger partial charge in [-0.2, -0.15) is 18.2 Å². The van der Waals surface area contributed by atoms with Gasteiger partial charge in [-0.3, -0.25) is 4.90 Å². The van der Waals surface area contributed by atoms with Crippen LogP contribution in [0, 0.1) is 0 Å². The normalized spacial score (nSPS) is 19.4. The zero-order valence-electron chi connectivity index (χ0n) is 14.2. The van der Waals surface area contributed by atoms with Crippen molar-refractivity contribution >= 4 is 0 Å². The van der Waals surface area contributed by atoms with Crippen LogP contribution in [0.2, 0.25) is 0 Å². The van der Waals surface area contributed by atoms with Crippen LogP contribution in [0.5, 0.6) is 0 Å². The second-order valence-corrected chi connectivity index (χ2v) is 6.42. The van der Waals surface area contributed by atoms with Gasteiger partial charge in [-0.1, -0.05) is 18.5 Å². The highest BCUT2D eigenvalue weighted by Gasteiger charge is 2.37. The standard InChI is InChI=1S/C16H22F3N5O/c1-2-3-8-24-9-6-20-14(24)12-5-4-7-23(10-12)11-13-21-15(22-25-13)16(17,18)19/h6,9,12H,2-5,7-8,10-11H2,1H3/t12-/m0/s1. The third-order valence-electron chi connectivity index (χ3n) is 4.45. The lowest BCUT2D eigenvalue weighted by molar-refractivity contribution is -0.146. The Bertz CT molecular complexity index is 681. The van der Waals surface area contributed by atoms with E-state index < -0.39 is 12.0 Å². The van der Waals surface area contributed by atoms with E-state index in [1.807, 2.05) is 12.4 Å². The van der Waals surface area contributed by atoms with Crippen LogP contribution in [-0.4, -0.2) is 37.7 Å². The van der Waals surface area contributed by atoms with Gasteiger partial charge in [0.25, 0.3) is 5.82 Å². The third-order valence-corrected chi connectivity index (χ3v) is 4.45. The number of hydrogen-bond acceptors (Lipinski definition) is 5. The third kappa shape index (κ3) is 4.39. The van der Waals surface area contributed by atoms with Crippen molar-refractivity contribution in [3.05, 3.63) is 29.9 Å². The fraction of sp³-hybridized carbons (Fsp3) is 0.688. The van der Waals surface area contributed by atoms with Crippen molar-refractivity contribution in [2.75, 3.05) is 13.1 Å². The van der Waals surface area contributed by atoms with E-state index in [9.17, 15) is 13.2 Å². The zero-order valence-corrected chi connectivity index (χ0v) is 14.2. The van der Waals surface area contributed by atoms with Crippen LogP contribution in [-0.2, 0) is 19.3 Å². The summed E-state index contributed by atoms with van der Waals surface area (Å²) in [5.41, 5.74) is 0. The number of rotatable bonds is 6. The molecule has 0 amide bonds. The minimum absolute atomic E-state index is 0.00213. The quantitative estimate of drug-likeness (QED) is 0.792. The fourth-order valence-electron chi connectivity index (χ4n) is 3.23. The molecule has 0 N–H and O–H groups in total. The van der Waals surface area contributed by atoms with Gasteiger partial charge in [0, 0.05) is 31.4 Å². The van der Waals surface area contributed by atoms with Crippen LogP contribution in [0.3, 0.4) is 0 Å². The minimum Gasteiger partial charge on any atom is -0.338 e. The molecule has 138 valence electrons. The highest BCUT2D eigenvalue weighted by atomic mass is 19.4. The van der Waals surface area contributed by atoms with Crippen molar-refractivity contribution in [2.24, 2.45) is 0 Å². The van der Waals surface area contributed by atoms with Crippen LogP contribution >= 0.6 is 0 Å². The Labute approximate surface area is 144 Å². The highest BCUT2D eigenvalue weighted by molar-refractivity contribution is 5.03. The summed E-state index contributed by atoms with van der Waals surface area (Å²) < 4.78 is 44.6. The SMILES string of the molecule is CCCCn1ccnc1[C@H]1CCCN(Cc2nc(C(F)(F)F)no2)C1. The number of nitrogens with zero attached hydrogens (tertiary/aromatic N) is 5. The average Bonchev–Trinajstić information content (AvgIpc) is 3.22. The van der Waals surface area contributed by atoms with Gasteiger partial charge in [0.15, 0.2) is 0 Å². The van der Waals surface area contributed by atoms with Crippen molar-refractivity contribution in [3.63, 3.8) is 0 Å². The first kappa shape index (κ1) is 17.9. The van der Waals surface area contributed by atoms with Crippen molar-refractivity contribution in [3.8, 4) is 0 Å². The van der Waals surface area contributed by atoms with E-state index in [0.717, 1.165) is 51.1 Å². The summed E-state index contributed by atoms with van der Waals surface area (Å²) >= 11 is 0. The summed E-state index contributed by atoms with van der Waals surface area (Å²) in [5, 5.41) is 3.02. The molecule has 1 fully saturated rings. The summed E-state index contributed by atoms with van der Waals surface area (Å²) in [5.74, 6) is 0.110. The van der Waals surface area contributed by atoms with E-state index >= 15 is 0 Å². The number of likely N-dealkylation sites (tertiary alicyclic amines) is 1. The van der Waals surface area contributed by atoms with E-state index in [1.54, 1.807) is 0 Å². The topological polar surface area (TPSA) is 60.0 Å². The Morgan fingerprint density at radius 1 is 1.36 bits per heavy atom.